The van der Waals surface area contributed by atoms with Gasteiger partial charge in [0.25, 0.3) is 5.91 Å². The van der Waals surface area contributed by atoms with Crippen LogP contribution < -0.4 is 0 Å². The van der Waals surface area contributed by atoms with E-state index in [2.05, 4.69) is 17.1 Å². The molecule has 3 aromatic rings. The number of likely N-dealkylation sites (tertiary alicyclic amines) is 1. The van der Waals surface area contributed by atoms with E-state index < -0.39 is 0 Å². The van der Waals surface area contributed by atoms with Gasteiger partial charge in [-0.3, -0.25) is 9.89 Å². The first kappa shape index (κ1) is 14.1. The molecule has 0 radical (unpaired) electrons. The van der Waals surface area contributed by atoms with Crippen LogP contribution in [0.2, 0.25) is 0 Å². The minimum atomic E-state index is 0.0291. The van der Waals surface area contributed by atoms with Crippen LogP contribution in [0.5, 0.6) is 0 Å². The second kappa shape index (κ2) is 5.57. The molecule has 1 N–H and O–H groups in total. The molecular formula is C18H19N3O2. The summed E-state index contributed by atoms with van der Waals surface area (Å²) in [6.07, 6.45) is 4.91. The summed E-state index contributed by atoms with van der Waals surface area (Å²) >= 11 is 0. The Bertz CT molecular complexity index is 816. The number of rotatable bonds is 2. The predicted molar refractivity (Wildman–Crippen MR) is 88.1 cm³/mol. The molecule has 118 valence electrons. The Morgan fingerprint density at radius 1 is 1.35 bits per heavy atom. The number of piperidine rings is 1. The molecule has 1 aliphatic heterocycles. The van der Waals surface area contributed by atoms with E-state index in [1.54, 1.807) is 6.20 Å². The molecule has 0 bridgehead atoms. The number of para-hydroxylation sites is 1. The lowest BCUT2D eigenvalue weighted by atomic mass is 10.0. The van der Waals surface area contributed by atoms with Crippen molar-refractivity contribution >= 4 is 16.9 Å². The summed E-state index contributed by atoms with van der Waals surface area (Å²) in [4.78, 5) is 14.8. The van der Waals surface area contributed by atoms with E-state index in [-0.39, 0.29) is 11.9 Å². The molecule has 1 fully saturated rings. The fourth-order valence-corrected chi connectivity index (χ4v) is 3.30. The second-order valence-electron chi connectivity index (χ2n) is 6.15. The molecule has 2 aromatic heterocycles. The molecule has 1 unspecified atom stereocenters. The molecule has 0 saturated carbocycles. The number of fused-ring (bicyclic) bond motifs is 1. The summed E-state index contributed by atoms with van der Waals surface area (Å²) in [6.45, 7) is 2.92. The number of hydrogen-bond acceptors (Lipinski definition) is 3. The minimum Gasteiger partial charge on any atom is -0.454 e. The van der Waals surface area contributed by atoms with E-state index in [1.165, 1.54) is 6.42 Å². The van der Waals surface area contributed by atoms with Crippen molar-refractivity contribution < 1.29 is 9.21 Å². The number of aromatic amines is 1. The van der Waals surface area contributed by atoms with Gasteiger partial charge in [0.05, 0.1) is 11.8 Å². The van der Waals surface area contributed by atoms with Crippen molar-refractivity contribution in [3.05, 3.63) is 42.1 Å². The van der Waals surface area contributed by atoms with E-state index in [9.17, 15) is 4.79 Å². The third kappa shape index (κ3) is 2.42. The molecule has 4 rings (SSSR count). The summed E-state index contributed by atoms with van der Waals surface area (Å²) in [5, 5.41) is 8.02. The van der Waals surface area contributed by atoms with Gasteiger partial charge in [-0.05, 0) is 38.3 Å². The second-order valence-corrected chi connectivity index (χ2v) is 6.15. The lowest BCUT2D eigenvalue weighted by Crippen LogP contribution is -2.42. The molecule has 23 heavy (non-hydrogen) atoms. The SMILES string of the molecule is CC1CCCCN1C(=O)c1cn[nH]c1-c1cc2ccccc2o1. The van der Waals surface area contributed by atoms with E-state index in [0.29, 0.717) is 17.0 Å². The van der Waals surface area contributed by atoms with Gasteiger partial charge in [0, 0.05) is 18.0 Å². The average molecular weight is 309 g/mol. The van der Waals surface area contributed by atoms with Gasteiger partial charge in [-0.2, -0.15) is 5.10 Å². The van der Waals surface area contributed by atoms with Crippen molar-refractivity contribution in [2.24, 2.45) is 0 Å². The molecule has 5 heteroatoms. The highest BCUT2D eigenvalue weighted by molar-refractivity contribution is 6.00. The van der Waals surface area contributed by atoms with Gasteiger partial charge >= 0.3 is 0 Å². The maximum absolute atomic E-state index is 12.9. The Balaban J connectivity index is 1.71. The van der Waals surface area contributed by atoms with Crippen LogP contribution in [0.1, 0.15) is 36.5 Å². The molecule has 3 heterocycles. The Morgan fingerprint density at radius 3 is 3.04 bits per heavy atom. The van der Waals surface area contributed by atoms with Crippen LogP contribution in [-0.4, -0.2) is 33.6 Å². The number of furan rings is 1. The van der Waals surface area contributed by atoms with Crippen molar-refractivity contribution in [1.29, 1.82) is 0 Å². The molecular weight excluding hydrogens is 290 g/mol. The first-order chi connectivity index (χ1) is 11.2. The van der Waals surface area contributed by atoms with Crippen molar-refractivity contribution in [3.8, 4) is 11.5 Å². The third-order valence-corrected chi connectivity index (χ3v) is 4.61. The number of nitrogens with one attached hydrogen (secondary N) is 1. The summed E-state index contributed by atoms with van der Waals surface area (Å²) in [7, 11) is 0. The van der Waals surface area contributed by atoms with Gasteiger partial charge < -0.3 is 9.32 Å². The van der Waals surface area contributed by atoms with Gasteiger partial charge in [-0.25, -0.2) is 0 Å². The maximum atomic E-state index is 12.9. The van der Waals surface area contributed by atoms with Gasteiger partial charge in [-0.1, -0.05) is 18.2 Å². The van der Waals surface area contributed by atoms with E-state index in [0.717, 1.165) is 30.4 Å². The molecule has 1 atom stereocenters. The molecule has 1 aromatic carbocycles. The van der Waals surface area contributed by atoms with E-state index >= 15 is 0 Å². The summed E-state index contributed by atoms with van der Waals surface area (Å²) < 4.78 is 5.88. The molecule has 1 amide bonds. The lowest BCUT2D eigenvalue weighted by Gasteiger charge is -2.33. The fraction of sp³-hybridized carbons (Fsp3) is 0.333. The number of carbonyl (C=O) groups excluding carboxylic acids is 1. The van der Waals surface area contributed by atoms with Crippen LogP contribution >= 0.6 is 0 Å². The molecule has 1 aliphatic rings. The quantitative estimate of drug-likeness (QED) is 0.782. The van der Waals surface area contributed by atoms with Crippen LogP contribution in [-0.2, 0) is 0 Å². The van der Waals surface area contributed by atoms with Crippen LogP contribution in [0, 0.1) is 0 Å². The summed E-state index contributed by atoms with van der Waals surface area (Å²) in [6, 6.07) is 10.0. The Morgan fingerprint density at radius 2 is 2.22 bits per heavy atom. The first-order valence-electron chi connectivity index (χ1n) is 8.07. The molecule has 5 nitrogen and oxygen atoms in total. The molecule has 0 aliphatic carbocycles. The van der Waals surface area contributed by atoms with Crippen molar-refractivity contribution in [2.45, 2.75) is 32.2 Å². The number of hydrogen-bond donors (Lipinski definition) is 1. The van der Waals surface area contributed by atoms with Crippen LogP contribution in [0.4, 0.5) is 0 Å². The van der Waals surface area contributed by atoms with Crippen LogP contribution in [0.15, 0.2) is 40.9 Å². The smallest absolute Gasteiger partial charge is 0.258 e. The van der Waals surface area contributed by atoms with Gasteiger partial charge in [0.15, 0.2) is 5.76 Å². The van der Waals surface area contributed by atoms with E-state index in [1.807, 2.05) is 35.2 Å². The Hall–Kier alpha value is -2.56. The zero-order valence-electron chi connectivity index (χ0n) is 13.1. The normalized spacial score (nSPS) is 18.5. The van der Waals surface area contributed by atoms with Crippen molar-refractivity contribution in [2.75, 3.05) is 6.54 Å². The number of H-pyrrole nitrogens is 1. The molecule has 1 saturated heterocycles. The van der Waals surface area contributed by atoms with Gasteiger partial charge in [-0.15, -0.1) is 0 Å². The van der Waals surface area contributed by atoms with Gasteiger partial charge in [0.2, 0.25) is 0 Å². The first-order valence-corrected chi connectivity index (χ1v) is 8.07. The monoisotopic (exact) mass is 309 g/mol. The zero-order valence-corrected chi connectivity index (χ0v) is 13.1. The Kier molecular flexibility index (Phi) is 3.41. The zero-order chi connectivity index (χ0) is 15.8. The maximum Gasteiger partial charge on any atom is 0.258 e. The topological polar surface area (TPSA) is 62.1 Å². The number of amides is 1. The van der Waals surface area contributed by atoms with Crippen LogP contribution in [0.3, 0.4) is 0 Å². The van der Waals surface area contributed by atoms with Crippen molar-refractivity contribution in [1.82, 2.24) is 15.1 Å². The highest BCUT2D eigenvalue weighted by Gasteiger charge is 2.28. The standard InChI is InChI=1S/C18H19N3O2/c1-12-6-4-5-9-21(12)18(22)14-11-19-20-17(14)16-10-13-7-2-3-8-15(13)23-16/h2-3,7-8,10-12H,4-6,9H2,1H3,(H,19,20). The highest BCUT2D eigenvalue weighted by atomic mass is 16.3. The predicted octanol–water partition coefficient (Wildman–Crippen LogP) is 3.84. The average Bonchev–Trinajstić information content (AvgIpc) is 3.21. The number of aromatic nitrogens is 2. The largest absolute Gasteiger partial charge is 0.454 e. The van der Waals surface area contributed by atoms with E-state index in [4.69, 9.17) is 4.42 Å². The van der Waals surface area contributed by atoms with Crippen LogP contribution in [0.25, 0.3) is 22.4 Å². The minimum absolute atomic E-state index is 0.0291. The fourth-order valence-electron chi connectivity index (χ4n) is 3.30. The number of carbonyl (C=O) groups is 1. The third-order valence-electron chi connectivity index (χ3n) is 4.61. The number of nitrogens with zero attached hydrogens (tertiary/aromatic N) is 2. The van der Waals surface area contributed by atoms with Gasteiger partial charge in [0.1, 0.15) is 11.3 Å². The Labute approximate surface area is 134 Å². The van der Waals surface area contributed by atoms with Crippen molar-refractivity contribution in [3.63, 3.8) is 0 Å². The summed E-state index contributed by atoms with van der Waals surface area (Å²) in [5.74, 6) is 0.679. The highest BCUT2D eigenvalue weighted by Crippen LogP contribution is 2.30. The lowest BCUT2D eigenvalue weighted by molar-refractivity contribution is 0.0636. The molecule has 0 spiro atoms. The summed E-state index contributed by atoms with van der Waals surface area (Å²) in [5.41, 5.74) is 2.05. The number of benzene rings is 1.